The maximum atomic E-state index is 11.4. The van der Waals surface area contributed by atoms with Crippen LogP contribution in [-0.2, 0) is 11.4 Å². The topological polar surface area (TPSA) is 64.3 Å². The number of amides is 1. The molecule has 2 rings (SSSR count). The van der Waals surface area contributed by atoms with Crippen molar-refractivity contribution in [2.24, 2.45) is 0 Å². The minimum atomic E-state index is -0.119. The summed E-state index contributed by atoms with van der Waals surface area (Å²) >= 11 is 0. The maximum Gasteiger partial charge on any atom is 0.243 e. The number of hydrogen-bond donors (Lipinski definition) is 2. The first-order valence-electron chi connectivity index (χ1n) is 7.63. The molecule has 0 saturated carbocycles. The van der Waals surface area contributed by atoms with Gasteiger partial charge in [-0.2, -0.15) is 0 Å². The van der Waals surface area contributed by atoms with Gasteiger partial charge in [-0.15, -0.1) is 0 Å². The van der Waals surface area contributed by atoms with Crippen LogP contribution in [0.15, 0.2) is 48.5 Å². The third-order valence-corrected chi connectivity index (χ3v) is 3.46. The fourth-order valence-electron chi connectivity index (χ4n) is 2.13. The van der Waals surface area contributed by atoms with Gasteiger partial charge in [-0.25, -0.2) is 0 Å². The molecule has 3 N–H and O–H groups in total. The van der Waals surface area contributed by atoms with Crippen molar-refractivity contribution in [2.75, 3.05) is 12.3 Å². The molecule has 0 heterocycles. The summed E-state index contributed by atoms with van der Waals surface area (Å²) in [5.74, 6) is 0.523. The van der Waals surface area contributed by atoms with E-state index >= 15 is 0 Å². The van der Waals surface area contributed by atoms with Crippen molar-refractivity contribution in [3.63, 3.8) is 0 Å². The number of carbonyl (C=O) groups excluding carboxylic acids is 1. The van der Waals surface area contributed by atoms with Gasteiger partial charge >= 0.3 is 0 Å². The van der Waals surface area contributed by atoms with Crippen LogP contribution >= 0.6 is 0 Å². The van der Waals surface area contributed by atoms with E-state index in [-0.39, 0.29) is 5.91 Å². The number of ether oxygens (including phenoxy) is 1. The molecular formula is C19H22N2O2. The van der Waals surface area contributed by atoms with Crippen molar-refractivity contribution in [2.45, 2.75) is 20.5 Å². The summed E-state index contributed by atoms with van der Waals surface area (Å²) in [5.41, 5.74) is 9.76. The predicted molar refractivity (Wildman–Crippen MR) is 94.1 cm³/mol. The maximum absolute atomic E-state index is 11.4. The number of nitrogens with one attached hydrogen (secondary N) is 1. The van der Waals surface area contributed by atoms with Gasteiger partial charge in [0.1, 0.15) is 12.4 Å². The van der Waals surface area contributed by atoms with Crippen LogP contribution in [-0.4, -0.2) is 12.5 Å². The van der Waals surface area contributed by atoms with E-state index in [2.05, 4.69) is 18.3 Å². The fourth-order valence-corrected chi connectivity index (χ4v) is 2.13. The highest BCUT2D eigenvalue weighted by Crippen LogP contribution is 2.24. The van der Waals surface area contributed by atoms with Crippen LogP contribution in [0.5, 0.6) is 5.75 Å². The van der Waals surface area contributed by atoms with Crippen molar-refractivity contribution in [1.29, 1.82) is 0 Å². The Morgan fingerprint density at radius 3 is 2.74 bits per heavy atom. The molecule has 2 aromatic rings. The van der Waals surface area contributed by atoms with Crippen LogP contribution in [0.3, 0.4) is 0 Å². The second kappa shape index (κ2) is 8.03. The Morgan fingerprint density at radius 2 is 2.04 bits per heavy atom. The number of nitrogen functional groups attached to an aromatic ring is 1. The average molecular weight is 310 g/mol. The van der Waals surface area contributed by atoms with Crippen molar-refractivity contribution in [3.8, 4) is 5.75 Å². The highest BCUT2D eigenvalue weighted by atomic mass is 16.5. The third kappa shape index (κ3) is 4.88. The van der Waals surface area contributed by atoms with Crippen molar-refractivity contribution in [3.05, 3.63) is 65.2 Å². The molecule has 23 heavy (non-hydrogen) atoms. The van der Waals surface area contributed by atoms with Crippen LogP contribution in [0.1, 0.15) is 23.6 Å². The Morgan fingerprint density at radius 1 is 1.26 bits per heavy atom. The van der Waals surface area contributed by atoms with Crippen LogP contribution in [0.4, 0.5) is 5.69 Å². The average Bonchev–Trinajstić information content (AvgIpc) is 2.54. The molecule has 0 bridgehead atoms. The molecule has 0 saturated heterocycles. The second-order valence-electron chi connectivity index (χ2n) is 5.24. The molecule has 0 aromatic heterocycles. The number of rotatable bonds is 6. The number of benzene rings is 2. The first kappa shape index (κ1) is 16.6. The quantitative estimate of drug-likeness (QED) is 0.635. The number of anilines is 1. The van der Waals surface area contributed by atoms with E-state index in [1.807, 2.05) is 37.3 Å². The molecule has 2 aromatic carbocycles. The zero-order valence-electron chi connectivity index (χ0n) is 13.5. The Hall–Kier alpha value is -2.75. The molecule has 0 spiro atoms. The molecule has 0 aliphatic carbocycles. The molecule has 0 aliphatic rings. The van der Waals surface area contributed by atoms with E-state index in [0.717, 1.165) is 11.1 Å². The molecule has 0 fully saturated rings. The molecule has 0 atom stereocenters. The van der Waals surface area contributed by atoms with E-state index in [1.165, 1.54) is 11.6 Å². The smallest absolute Gasteiger partial charge is 0.243 e. The van der Waals surface area contributed by atoms with Crippen molar-refractivity contribution >= 4 is 17.7 Å². The first-order valence-corrected chi connectivity index (χ1v) is 7.63. The van der Waals surface area contributed by atoms with Gasteiger partial charge in [-0.1, -0.05) is 30.3 Å². The number of aryl methyl sites for hydroxylation is 1. The molecule has 1 amide bonds. The van der Waals surface area contributed by atoms with Crippen LogP contribution < -0.4 is 15.8 Å². The van der Waals surface area contributed by atoms with Gasteiger partial charge in [-0.05, 0) is 48.7 Å². The molecule has 0 unspecified atom stereocenters. The third-order valence-electron chi connectivity index (χ3n) is 3.46. The standard InChI is InChI=1S/C19H22N2O2/c1-3-21-19(22)11-9-15-8-10-18(17(20)12-15)23-13-16-7-5-4-6-14(16)2/h4-12H,3,13,20H2,1-2H3,(H,21,22)/b11-9-. The van der Waals surface area contributed by atoms with Crippen LogP contribution in [0.2, 0.25) is 0 Å². The molecule has 0 aliphatic heterocycles. The summed E-state index contributed by atoms with van der Waals surface area (Å²) in [7, 11) is 0. The second-order valence-corrected chi connectivity index (χ2v) is 5.24. The van der Waals surface area contributed by atoms with Gasteiger partial charge in [0.05, 0.1) is 5.69 Å². The van der Waals surface area contributed by atoms with Crippen molar-refractivity contribution in [1.82, 2.24) is 5.32 Å². The van der Waals surface area contributed by atoms with Crippen LogP contribution in [0, 0.1) is 6.92 Å². The molecular weight excluding hydrogens is 288 g/mol. The van der Waals surface area contributed by atoms with E-state index < -0.39 is 0 Å². The summed E-state index contributed by atoms with van der Waals surface area (Å²) in [4.78, 5) is 11.4. The number of nitrogens with two attached hydrogens (primary N) is 1. The van der Waals surface area contributed by atoms with Gasteiger partial charge in [0, 0.05) is 12.6 Å². The monoisotopic (exact) mass is 310 g/mol. The predicted octanol–water partition coefficient (Wildman–Crippen LogP) is 3.31. The summed E-state index contributed by atoms with van der Waals surface area (Å²) < 4.78 is 5.79. The molecule has 4 heteroatoms. The Labute approximate surface area is 137 Å². The van der Waals surface area contributed by atoms with E-state index in [4.69, 9.17) is 10.5 Å². The van der Waals surface area contributed by atoms with Gasteiger partial charge in [0.15, 0.2) is 0 Å². The zero-order valence-corrected chi connectivity index (χ0v) is 13.5. The van der Waals surface area contributed by atoms with Crippen LogP contribution in [0.25, 0.3) is 6.08 Å². The minimum Gasteiger partial charge on any atom is -0.487 e. The summed E-state index contributed by atoms with van der Waals surface area (Å²) in [5, 5.41) is 2.70. The summed E-state index contributed by atoms with van der Waals surface area (Å²) in [6.07, 6.45) is 3.22. The zero-order chi connectivity index (χ0) is 16.7. The molecule has 120 valence electrons. The highest BCUT2D eigenvalue weighted by molar-refractivity contribution is 5.91. The highest BCUT2D eigenvalue weighted by Gasteiger charge is 2.03. The Kier molecular flexibility index (Phi) is 5.80. The Balaban J connectivity index is 2.02. The van der Waals surface area contributed by atoms with E-state index in [0.29, 0.717) is 24.6 Å². The lowest BCUT2D eigenvalue weighted by atomic mass is 10.1. The van der Waals surface area contributed by atoms with E-state index in [1.54, 1.807) is 12.1 Å². The van der Waals surface area contributed by atoms with Gasteiger partial charge < -0.3 is 15.8 Å². The lowest BCUT2D eigenvalue weighted by molar-refractivity contribution is -0.116. The fraction of sp³-hybridized carbons (Fsp3) is 0.211. The lowest BCUT2D eigenvalue weighted by Gasteiger charge is -2.11. The van der Waals surface area contributed by atoms with E-state index in [9.17, 15) is 4.79 Å². The van der Waals surface area contributed by atoms with Gasteiger partial charge in [-0.3, -0.25) is 4.79 Å². The van der Waals surface area contributed by atoms with Crippen molar-refractivity contribution < 1.29 is 9.53 Å². The minimum absolute atomic E-state index is 0.119. The number of hydrogen-bond acceptors (Lipinski definition) is 3. The van der Waals surface area contributed by atoms with Gasteiger partial charge in [0.25, 0.3) is 0 Å². The largest absolute Gasteiger partial charge is 0.487 e. The van der Waals surface area contributed by atoms with Gasteiger partial charge in [0.2, 0.25) is 5.91 Å². The first-order chi connectivity index (χ1) is 11.1. The molecule has 4 nitrogen and oxygen atoms in total. The lowest BCUT2D eigenvalue weighted by Crippen LogP contribution is -2.19. The number of carbonyl (C=O) groups is 1. The summed E-state index contributed by atoms with van der Waals surface area (Å²) in [6.45, 7) is 5.02. The molecule has 0 radical (unpaired) electrons. The normalized spacial score (nSPS) is 10.7. The Bertz CT molecular complexity index is 708. The summed E-state index contributed by atoms with van der Waals surface area (Å²) in [6, 6.07) is 13.6. The number of likely N-dealkylation sites (N-methyl/N-ethyl adjacent to an activating group) is 1. The SMILES string of the molecule is CCNC(=O)/C=C\c1ccc(OCc2ccccc2C)c(N)c1.